The number of sulfone groups is 1. The average molecular weight is 660 g/mol. The molecule has 0 spiro atoms. The minimum atomic E-state index is -3.97. The largest absolute Gasteiger partial charge is 0.393 e. The minimum absolute atomic E-state index is 0.0951. The van der Waals surface area contributed by atoms with Crippen molar-refractivity contribution in [3.63, 3.8) is 0 Å². The monoisotopic (exact) mass is 657 g/mol. The molecule has 2 aromatic rings. The van der Waals surface area contributed by atoms with E-state index < -0.39 is 41.5 Å². The smallest absolute Gasteiger partial charge is 0.264 e. The maximum atomic E-state index is 13.4. The molecule has 2 aromatic carbocycles. The van der Waals surface area contributed by atoms with Gasteiger partial charge < -0.3 is 15.9 Å². The Kier molecular flexibility index (Phi) is 14.4. The van der Waals surface area contributed by atoms with Gasteiger partial charge in [0.05, 0.1) is 18.0 Å². The van der Waals surface area contributed by atoms with Gasteiger partial charge in [0.15, 0.2) is 9.84 Å². The quantitative estimate of drug-likeness (QED) is 0.400. The second-order valence-corrected chi connectivity index (χ2v) is 13.1. The maximum absolute atomic E-state index is 13.4. The van der Waals surface area contributed by atoms with Gasteiger partial charge in [-0.1, -0.05) is 31.9 Å². The third-order valence-electron chi connectivity index (χ3n) is 3.53. The number of nitrogens with two attached hydrogens (primary N) is 1. The molecule has 0 aliphatic heterocycles. The average Bonchev–Trinajstić information content (AvgIpc) is 2.66. The Morgan fingerprint density at radius 1 is 0.909 bits per heavy atom. The molecular weight excluding hydrogens is 636 g/mol. The van der Waals surface area contributed by atoms with Crippen molar-refractivity contribution in [2.24, 2.45) is 5.73 Å². The summed E-state index contributed by atoms with van der Waals surface area (Å²) in [6.45, 7) is 3.51. The van der Waals surface area contributed by atoms with Crippen LogP contribution in [0.25, 0.3) is 0 Å². The molecule has 2 atom stereocenters. The Labute approximate surface area is 213 Å². The lowest BCUT2D eigenvalue weighted by Gasteiger charge is -2.07. The zero-order valence-corrected chi connectivity index (χ0v) is 23.1. The van der Waals surface area contributed by atoms with Crippen LogP contribution in [-0.4, -0.2) is 51.6 Å². The fraction of sp³-hybridized carbons (Fsp3) is 0.368. The summed E-state index contributed by atoms with van der Waals surface area (Å²) in [5.41, 5.74) is 4.92. The van der Waals surface area contributed by atoms with E-state index in [4.69, 9.17) is 26.6 Å². The third-order valence-corrected chi connectivity index (χ3v) is 7.65. The van der Waals surface area contributed by atoms with Gasteiger partial charge in [0, 0.05) is 26.2 Å². The highest BCUT2D eigenvalue weighted by molar-refractivity contribution is 9.10. The molecule has 0 fully saturated rings. The lowest BCUT2D eigenvalue weighted by atomic mass is 10.3. The number of aliphatic hydroxyl groups excluding tert-OH is 2. The lowest BCUT2D eigenvalue weighted by molar-refractivity contribution is 0.191. The minimum Gasteiger partial charge on any atom is -0.393 e. The van der Waals surface area contributed by atoms with E-state index in [1.165, 1.54) is 25.1 Å². The van der Waals surface area contributed by atoms with Crippen LogP contribution in [-0.2, 0) is 18.9 Å². The van der Waals surface area contributed by atoms with Gasteiger partial charge in [-0.05, 0) is 56.7 Å². The molecule has 0 radical (unpaired) electrons. The third kappa shape index (κ3) is 13.1. The van der Waals surface area contributed by atoms with Gasteiger partial charge in [0.1, 0.15) is 21.4 Å². The van der Waals surface area contributed by atoms with E-state index in [1.54, 1.807) is 6.92 Å². The SMILES string of the molecule is C[C@@H](O)CCS(=O)(=O)c1ccc(Br)cc1F.C[C@@H](O)CN.O=S(=O)(Cl)c1ccc(Br)cc1F. The summed E-state index contributed by atoms with van der Waals surface area (Å²) in [7, 11) is -2.70. The Morgan fingerprint density at radius 2 is 1.30 bits per heavy atom. The highest BCUT2D eigenvalue weighted by Crippen LogP contribution is 2.22. The van der Waals surface area contributed by atoms with Gasteiger partial charge in [0.25, 0.3) is 9.05 Å². The number of aliphatic hydroxyl groups is 2. The zero-order chi connectivity index (χ0) is 26.0. The summed E-state index contributed by atoms with van der Waals surface area (Å²) in [6.07, 6.45) is -0.957. The molecule has 0 heterocycles. The fourth-order valence-electron chi connectivity index (χ4n) is 1.84. The standard InChI is InChI=1S/C10H12BrFO3S.C6H3BrClFO2S.C3H9NO/c1-7(13)4-5-16(14,15)10-3-2-8(11)6-9(10)12;7-4-1-2-6(5(9)3-4)12(8,10)11;1-3(5)2-4/h2-3,6-7,13H,4-5H2,1H3;1-3H;3,5H,2,4H2,1H3/t7-;;3-/m1.1/s1. The van der Waals surface area contributed by atoms with Gasteiger partial charge in [-0.25, -0.2) is 25.6 Å². The van der Waals surface area contributed by atoms with E-state index in [-0.39, 0.29) is 23.2 Å². The molecule has 0 aliphatic rings. The second-order valence-electron chi connectivity index (χ2n) is 6.63. The van der Waals surface area contributed by atoms with E-state index in [0.717, 1.165) is 18.2 Å². The first-order valence-electron chi connectivity index (χ1n) is 9.15. The second kappa shape index (κ2) is 14.7. The molecule has 14 heteroatoms. The van der Waals surface area contributed by atoms with Crippen LogP contribution in [0.3, 0.4) is 0 Å². The van der Waals surface area contributed by atoms with E-state index >= 15 is 0 Å². The Bertz CT molecular complexity index is 1120. The maximum Gasteiger partial charge on any atom is 0.264 e. The van der Waals surface area contributed by atoms with E-state index in [1.807, 2.05) is 0 Å². The Hall–Kier alpha value is -0.670. The number of hydrogen-bond acceptors (Lipinski definition) is 7. The van der Waals surface area contributed by atoms with Crippen LogP contribution in [0.15, 0.2) is 55.1 Å². The Morgan fingerprint density at radius 3 is 1.61 bits per heavy atom. The van der Waals surface area contributed by atoms with Crippen molar-refractivity contribution in [2.75, 3.05) is 12.3 Å². The first-order chi connectivity index (χ1) is 15.0. The molecular formula is C19H24Br2ClF2NO6S2. The van der Waals surface area contributed by atoms with Crippen LogP contribution in [0.4, 0.5) is 8.78 Å². The van der Waals surface area contributed by atoms with Gasteiger partial charge in [0.2, 0.25) is 0 Å². The predicted octanol–water partition coefficient (Wildman–Crippen LogP) is 3.97. The van der Waals surface area contributed by atoms with Crippen LogP contribution in [0.2, 0.25) is 0 Å². The molecule has 0 amide bonds. The van der Waals surface area contributed by atoms with Crippen molar-refractivity contribution in [1.82, 2.24) is 0 Å². The first-order valence-corrected chi connectivity index (χ1v) is 14.7. The summed E-state index contributed by atoms with van der Waals surface area (Å²) in [5, 5.41) is 17.2. The van der Waals surface area contributed by atoms with Crippen molar-refractivity contribution < 1.29 is 35.8 Å². The predicted molar refractivity (Wildman–Crippen MR) is 130 cm³/mol. The Balaban J connectivity index is 0.000000530. The molecule has 0 bridgehead atoms. The highest BCUT2D eigenvalue weighted by atomic mass is 79.9. The number of benzene rings is 2. The molecule has 0 aromatic heterocycles. The van der Waals surface area contributed by atoms with E-state index in [2.05, 4.69) is 31.9 Å². The van der Waals surface area contributed by atoms with Gasteiger partial charge in [-0.3, -0.25) is 0 Å². The molecule has 4 N–H and O–H groups in total. The van der Waals surface area contributed by atoms with Crippen molar-refractivity contribution >= 4 is 61.4 Å². The summed E-state index contributed by atoms with van der Waals surface area (Å²) < 4.78 is 72.0. The molecule has 2 rings (SSSR count). The molecule has 188 valence electrons. The summed E-state index contributed by atoms with van der Waals surface area (Å²) >= 11 is 6.04. The zero-order valence-electron chi connectivity index (χ0n) is 17.6. The van der Waals surface area contributed by atoms with Crippen LogP contribution in [0, 0.1) is 11.6 Å². The van der Waals surface area contributed by atoms with Gasteiger partial charge >= 0.3 is 0 Å². The van der Waals surface area contributed by atoms with Crippen molar-refractivity contribution in [2.45, 2.75) is 42.3 Å². The van der Waals surface area contributed by atoms with Crippen LogP contribution < -0.4 is 5.73 Å². The summed E-state index contributed by atoms with van der Waals surface area (Å²) in [6, 6.07) is 7.33. The van der Waals surface area contributed by atoms with Crippen molar-refractivity contribution in [1.29, 1.82) is 0 Å². The van der Waals surface area contributed by atoms with Crippen molar-refractivity contribution in [3.05, 3.63) is 57.0 Å². The molecule has 33 heavy (non-hydrogen) atoms. The lowest BCUT2D eigenvalue weighted by Crippen LogP contribution is -2.14. The molecule has 0 saturated carbocycles. The topological polar surface area (TPSA) is 135 Å². The first kappa shape index (κ1) is 32.3. The molecule has 0 aliphatic carbocycles. The van der Waals surface area contributed by atoms with Crippen molar-refractivity contribution in [3.8, 4) is 0 Å². The van der Waals surface area contributed by atoms with Gasteiger partial charge in [-0.15, -0.1) is 0 Å². The number of rotatable bonds is 6. The summed E-state index contributed by atoms with van der Waals surface area (Å²) in [4.78, 5) is -0.830. The summed E-state index contributed by atoms with van der Waals surface area (Å²) in [5.74, 6) is -1.90. The molecule has 7 nitrogen and oxygen atoms in total. The van der Waals surface area contributed by atoms with Crippen LogP contribution in [0.5, 0.6) is 0 Å². The van der Waals surface area contributed by atoms with Crippen LogP contribution >= 0.6 is 42.5 Å². The highest BCUT2D eigenvalue weighted by Gasteiger charge is 2.19. The van der Waals surface area contributed by atoms with E-state index in [9.17, 15) is 25.6 Å². The number of hydrogen-bond donors (Lipinski definition) is 3. The van der Waals surface area contributed by atoms with Gasteiger partial charge in [-0.2, -0.15) is 0 Å². The molecule has 0 saturated heterocycles. The molecule has 0 unspecified atom stereocenters. The van der Waals surface area contributed by atoms with E-state index in [0.29, 0.717) is 15.5 Å². The fourth-order valence-corrected chi connectivity index (χ4v) is 4.90. The normalized spacial score (nSPS) is 13.2. The van der Waals surface area contributed by atoms with Crippen LogP contribution in [0.1, 0.15) is 20.3 Å². The number of halogens is 5.